The fraction of sp³-hybridized carbons (Fsp3) is 0.625. The molecule has 0 bridgehead atoms. The van der Waals surface area contributed by atoms with E-state index in [9.17, 15) is 9.59 Å². The first-order valence-corrected chi connectivity index (χ1v) is 7.60. The molecule has 0 aliphatic heterocycles. The number of hydrogen-bond donors (Lipinski definition) is 1. The summed E-state index contributed by atoms with van der Waals surface area (Å²) in [7, 11) is 1.84. The first-order chi connectivity index (χ1) is 10.0. The Morgan fingerprint density at radius 2 is 2.10 bits per heavy atom. The van der Waals surface area contributed by atoms with Crippen LogP contribution < -0.4 is 5.32 Å². The van der Waals surface area contributed by atoms with E-state index in [1.165, 1.54) is 25.4 Å². The molecule has 116 valence electrons. The fourth-order valence-electron chi connectivity index (χ4n) is 3.08. The van der Waals surface area contributed by atoms with Gasteiger partial charge < -0.3 is 14.6 Å². The number of amides is 2. The molecule has 0 radical (unpaired) electrons. The SMILES string of the molecule is C[C@H](NC(=O)c1ccoc1)C(=O)N(C)[C@@H]1CCCC[C@H]1C. The van der Waals surface area contributed by atoms with Crippen LogP contribution in [0.15, 0.2) is 23.0 Å². The van der Waals surface area contributed by atoms with Crippen molar-refractivity contribution in [2.24, 2.45) is 5.92 Å². The molecule has 1 saturated carbocycles. The number of hydrogen-bond acceptors (Lipinski definition) is 3. The number of rotatable bonds is 4. The first-order valence-electron chi connectivity index (χ1n) is 7.60. The number of carbonyl (C=O) groups is 2. The second-order valence-electron chi connectivity index (χ2n) is 5.99. The van der Waals surface area contributed by atoms with E-state index in [2.05, 4.69) is 12.2 Å². The maximum Gasteiger partial charge on any atom is 0.255 e. The molecule has 1 fully saturated rings. The number of carbonyl (C=O) groups excluding carboxylic acids is 2. The Bertz CT molecular complexity index is 484. The summed E-state index contributed by atoms with van der Waals surface area (Å²) in [6.45, 7) is 3.92. The summed E-state index contributed by atoms with van der Waals surface area (Å²) in [4.78, 5) is 26.2. The van der Waals surface area contributed by atoms with Crippen LogP contribution in [0.3, 0.4) is 0 Å². The Hall–Kier alpha value is -1.78. The van der Waals surface area contributed by atoms with Gasteiger partial charge in [-0.2, -0.15) is 0 Å². The van der Waals surface area contributed by atoms with Gasteiger partial charge in [-0.1, -0.05) is 19.8 Å². The third kappa shape index (κ3) is 3.65. The van der Waals surface area contributed by atoms with Crippen molar-refractivity contribution < 1.29 is 14.0 Å². The van der Waals surface area contributed by atoms with Crippen LogP contribution in [0.25, 0.3) is 0 Å². The average molecular weight is 292 g/mol. The van der Waals surface area contributed by atoms with E-state index in [0.717, 1.165) is 12.8 Å². The zero-order valence-electron chi connectivity index (χ0n) is 13.0. The molecule has 2 amide bonds. The number of likely N-dealkylation sites (N-methyl/N-ethyl adjacent to an activating group) is 1. The summed E-state index contributed by atoms with van der Waals surface area (Å²) in [6, 6.07) is 1.32. The van der Waals surface area contributed by atoms with Crippen LogP contribution in [-0.4, -0.2) is 35.8 Å². The summed E-state index contributed by atoms with van der Waals surface area (Å²) < 4.78 is 4.88. The number of nitrogens with one attached hydrogen (secondary N) is 1. The van der Waals surface area contributed by atoms with Gasteiger partial charge in [-0.3, -0.25) is 9.59 Å². The van der Waals surface area contributed by atoms with E-state index in [1.54, 1.807) is 13.0 Å². The highest BCUT2D eigenvalue weighted by molar-refractivity contribution is 5.97. The predicted molar refractivity (Wildman–Crippen MR) is 79.8 cm³/mol. The lowest BCUT2D eigenvalue weighted by Crippen LogP contribution is -2.51. The predicted octanol–water partition coefficient (Wildman–Crippen LogP) is 2.44. The molecule has 0 aromatic carbocycles. The smallest absolute Gasteiger partial charge is 0.255 e. The molecule has 1 N–H and O–H groups in total. The molecule has 1 aromatic rings. The van der Waals surface area contributed by atoms with E-state index in [1.807, 2.05) is 11.9 Å². The Labute approximate surface area is 125 Å². The molecule has 1 aliphatic carbocycles. The zero-order chi connectivity index (χ0) is 15.4. The lowest BCUT2D eigenvalue weighted by atomic mass is 9.85. The molecular formula is C16H24N2O3. The van der Waals surface area contributed by atoms with Gasteiger partial charge in [-0.25, -0.2) is 0 Å². The maximum absolute atomic E-state index is 12.5. The third-order valence-corrected chi connectivity index (χ3v) is 4.41. The molecule has 0 saturated heterocycles. The Balaban J connectivity index is 1.93. The van der Waals surface area contributed by atoms with Crippen molar-refractivity contribution in [2.75, 3.05) is 7.05 Å². The average Bonchev–Trinajstić information content (AvgIpc) is 3.00. The van der Waals surface area contributed by atoms with E-state index in [0.29, 0.717) is 11.5 Å². The molecule has 1 aromatic heterocycles. The topological polar surface area (TPSA) is 62.6 Å². The van der Waals surface area contributed by atoms with Crippen LogP contribution in [0.2, 0.25) is 0 Å². The van der Waals surface area contributed by atoms with Gasteiger partial charge in [0.2, 0.25) is 5.91 Å². The lowest BCUT2D eigenvalue weighted by molar-refractivity contribution is -0.135. The summed E-state index contributed by atoms with van der Waals surface area (Å²) >= 11 is 0. The van der Waals surface area contributed by atoms with Gasteiger partial charge in [0.05, 0.1) is 11.8 Å². The lowest BCUT2D eigenvalue weighted by Gasteiger charge is -2.37. The van der Waals surface area contributed by atoms with Gasteiger partial charge in [0.15, 0.2) is 0 Å². The Morgan fingerprint density at radius 3 is 2.71 bits per heavy atom. The van der Waals surface area contributed by atoms with Crippen LogP contribution in [0.1, 0.15) is 49.9 Å². The van der Waals surface area contributed by atoms with Gasteiger partial charge >= 0.3 is 0 Å². The highest BCUT2D eigenvalue weighted by Gasteiger charge is 2.30. The summed E-state index contributed by atoms with van der Waals surface area (Å²) in [5, 5.41) is 2.73. The van der Waals surface area contributed by atoms with Gasteiger partial charge in [0.1, 0.15) is 12.3 Å². The highest BCUT2D eigenvalue weighted by Crippen LogP contribution is 2.27. The largest absolute Gasteiger partial charge is 0.472 e. The summed E-state index contributed by atoms with van der Waals surface area (Å²) in [5.74, 6) is 0.199. The molecule has 1 aliphatic rings. The molecule has 2 rings (SSSR count). The molecule has 5 nitrogen and oxygen atoms in total. The second-order valence-corrected chi connectivity index (χ2v) is 5.99. The highest BCUT2D eigenvalue weighted by atomic mass is 16.3. The van der Waals surface area contributed by atoms with Crippen molar-refractivity contribution in [3.8, 4) is 0 Å². The quantitative estimate of drug-likeness (QED) is 0.927. The van der Waals surface area contributed by atoms with Crippen molar-refractivity contribution >= 4 is 11.8 Å². The molecule has 0 unspecified atom stereocenters. The zero-order valence-corrected chi connectivity index (χ0v) is 13.0. The van der Waals surface area contributed by atoms with Crippen molar-refractivity contribution in [2.45, 2.75) is 51.6 Å². The van der Waals surface area contributed by atoms with Gasteiger partial charge in [0, 0.05) is 13.1 Å². The normalized spacial score (nSPS) is 23.4. The number of nitrogens with zero attached hydrogens (tertiary/aromatic N) is 1. The minimum atomic E-state index is -0.536. The Kier molecular flexibility index (Phi) is 5.04. The van der Waals surface area contributed by atoms with Crippen molar-refractivity contribution in [1.29, 1.82) is 0 Å². The molecule has 1 heterocycles. The van der Waals surface area contributed by atoms with Gasteiger partial charge in [-0.15, -0.1) is 0 Å². The van der Waals surface area contributed by atoms with Crippen LogP contribution in [0, 0.1) is 5.92 Å². The minimum absolute atomic E-state index is 0.0365. The minimum Gasteiger partial charge on any atom is -0.472 e. The van der Waals surface area contributed by atoms with E-state index >= 15 is 0 Å². The monoisotopic (exact) mass is 292 g/mol. The molecule has 0 spiro atoms. The van der Waals surface area contributed by atoms with Crippen LogP contribution in [0.5, 0.6) is 0 Å². The first kappa shape index (κ1) is 15.6. The molecular weight excluding hydrogens is 268 g/mol. The molecule has 21 heavy (non-hydrogen) atoms. The fourth-order valence-corrected chi connectivity index (χ4v) is 3.08. The summed E-state index contributed by atoms with van der Waals surface area (Å²) in [5.41, 5.74) is 0.434. The maximum atomic E-state index is 12.5. The van der Waals surface area contributed by atoms with Crippen LogP contribution in [-0.2, 0) is 4.79 Å². The second kappa shape index (κ2) is 6.78. The summed E-state index contributed by atoms with van der Waals surface area (Å²) in [6.07, 6.45) is 7.44. The van der Waals surface area contributed by atoms with Crippen molar-refractivity contribution in [3.63, 3.8) is 0 Å². The van der Waals surface area contributed by atoms with E-state index in [4.69, 9.17) is 4.42 Å². The van der Waals surface area contributed by atoms with E-state index in [-0.39, 0.29) is 17.9 Å². The van der Waals surface area contributed by atoms with Gasteiger partial charge in [-0.05, 0) is 31.7 Å². The molecule has 5 heteroatoms. The van der Waals surface area contributed by atoms with Gasteiger partial charge in [0.25, 0.3) is 5.91 Å². The Morgan fingerprint density at radius 1 is 1.38 bits per heavy atom. The van der Waals surface area contributed by atoms with E-state index < -0.39 is 6.04 Å². The van der Waals surface area contributed by atoms with Crippen molar-refractivity contribution in [1.82, 2.24) is 10.2 Å². The van der Waals surface area contributed by atoms with Crippen LogP contribution >= 0.6 is 0 Å². The standard InChI is InChI=1S/C16H24N2O3/c1-11-6-4-5-7-14(11)18(3)16(20)12(2)17-15(19)13-8-9-21-10-13/h8-12,14H,4-7H2,1-3H3,(H,17,19)/t11-,12+,14-/m1/s1. The van der Waals surface area contributed by atoms with Crippen molar-refractivity contribution in [3.05, 3.63) is 24.2 Å². The third-order valence-electron chi connectivity index (χ3n) is 4.41. The van der Waals surface area contributed by atoms with Crippen LogP contribution in [0.4, 0.5) is 0 Å². The molecule has 3 atom stereocenters. The number of furan rings is 1.